The van der Waals surface area contributed by atoms with E-state index in [0.717, 1.165) is 26.2 Å². The fourth-order valence-electron chi connectivity index (χ4n) is 3.17. The standard InChI is InChI=1S/C14H25N3O3/c1-11(10-13(18)19)15-14(20)17-8-6-16(7-9-17)12-4-2-3-5-12/h11-12H,2-10H2,1H3,(H,15,20)(H,18,19). The minimum atomic E-state index is -0.885. The van der Waals surface area contributed by atoms with E-state index in [9.17, 15) is 9.59 Å². The van der Waals surface area contributed by atoms with Gasteiger partial charge in [0.25, 0.3) is 0 Å². The largest absolute Gasteiger partial charge is 0.481 e. The van der Waals surface area contributed by atoms with Crippen molar-refractivity contribution in [3.8, 4) is 0 Å². The summed E-state index contributed by atoms with van der Waals surface area (Å²) < 4.78 is 0. The molecule has 0 aromatic heterocycles. The maximum absolute atomic E-state index is 12.0. The molecule has 0 bridgehead atoms. The van der Waals surface area contributed by atoms with Crippen molar-refractivity contribution in [2.45, 2.75) is 51.1 Å². The van der Waals surface area contributed by atoms with Crippen LogP contribution in [0, 0.1) is 0 Å². The summed E-state index contributed by atoms with van der Waals surface area (Å²) in [6, 6.07) is 0.254. The average Bonchev–Trinajstić information content (AvgIpc) is 2.91. The quantitative estimate of drug-likeness (QED) is 0.811. The van der Waals surface area contributed by atoms with Gasteiger partial charge in [0, 0.05) is 38.3 Å². The number of carboxylic acids is 1. The first-order valence-corrected chi connectivity index (χ1v) is 7.57. The summed E-state index contributed by atoms with van der Waals surface area (Å²) in [4.78, 5) is 26.9. The lowest BCUT2D eigenvalue weighted by Gasteiger charge is -2.38. The van der Waals surface area contributed by atoms with Gasteiger partial charge in [-0.3, -0.25) is 9.69 Å². The fraction of sp³-hybridized carbons (Fsp3) is 0.857. The zero-order valence-corrected chi connectivity index (χ0v) is 12.2. The molecule has 2 rings (SSSR count). The van der Waals surface area contributed by atoms with Crippen LogP contribution < -0.4 is 5.32 Å². The number of amides is 2. The third kappa shape index (κ3) is 4.10. The molecule has 2 fully saturated rings. The molecule has 20 heavy (non-hydrogen) atoms. The number of aliphatic carboxylic acids is 1. The molecule has 2 aliphatic rings. The van der Waals surface area contributed by atoms with Crippen LogP contribution in [0.4, 0.5) is 4.79 Å². The molecule has 1 unspecified atom stereocenters. The molecule has 0 radical (unpaired) electrons. The van der Waals surface area contributed by atoms with Gasteiger partial charge in [-0.05, 0) is 19.8 Å². The lowest BCUT2D eigenvalue weighted by molar-refractivity contribution is -0.137. The van der Waals surface area contributed by atoms with E-state index in [0.29, 0.717) is 6.04 Å². The summed E-state index contributed by atoms with van der Waals surface area (Å²) in [5.41, 5.74) is 0. The molecule has 0 aromatic carbocycles. The summed E-state index contributed by atoms with van der Waals surface area (Å²) in [6.45, 7) is 5.07. The van der Waals surface area contributed by atoms with Gasteiger partial charge >= 0.3 is 12.0 Å². The molecule has 1 atom stereocenters. The van der Waals surface area contributed by atoms with E-state index in [2.05, 4.69) is 10.2 Å². The van der Waals surface area contributed by atoms with Crippen LogP contribution in [0.5, 0.6) is 0 Å². The van der Waals surface area contributed by atoms with Crippen molar-refractivity contribution in [1.29, 1.82) is 0 Å². The highest BCUT2D eigenvalue weighted by Gasteiger charge is 2.28. The molecule has 6 heteroatoms. The van der Waals surface area contributed by atoms with Gasteiger partial charge in [0.15, 0.2) is 0 Å². The van der Waals surface area contributed by atoms with E-state index >= 15 is 0 Å². The van der Waals surface area contributed by atoms with E-state index in [1.165, 1.54) is 25.7 Å². The number of hydrogen-bond acceptors (Lipinski definition) is 3. The van der Waals surface area contributed by atoms with Gasteiger partial charge < -0.3 is 15.3 Å². The van der Waals surface area contributed by atoms with Crippen LogP contribution in [0.25, 0.3) is 0 Å². The predicted molar refractivity (Wildman–Crippen MR) is 75.6 cm³/mol. The first-order chi connectivity index (χ1) is 9.56. The zero-order chi connectivity index (χ0) is 14.5. The Morgan fingerprint density at radius 2 is 1.80 bits per heavy atom. The monoisotopic (exact) mass is 283 g/mol. The molecule has 1 aliphatic heterocycles. The number of rotatable bonds is 4. The zero-order valence-electron chi connectivity index (χ0n) is 12.2. The second kappa shape index (κ2) is 6.92. The van der Waals surface area contributed by atoms with Crippen molar-refractivity contribution in [1.82, 2.24) is 15.1 Å². The third-order valence-electron chi connectivity index (χ3n) is 4.29. The van der Waals surface area contributed by atoms with Gasteiger partial charge in [0.05, 0.1) is 6.42 Å². The number of hydrogen-bond donors (Lipinski definition) is 2. The van der Waals surface area contributed by atoms with E-state index in [4.69, 9.17) is 5.11 Å². The van der Waals surface area contributed by atoms with Gasteiger partial charge in [0.1, 0.15) is 0 Å². The van der Waals surface area contributed by atoms with E-state index in [1.807, 2.05) is 0 Å². The maximum Gasteiger partial charge on any atom is 0.317 e. The van der Waals surface area contributed by atoms with Gasteiger partial charge in [-0.15, -0.1) is 0 Å². The summed E-state index contributed by atoms with van der Waals surface area (Å²) in [6.07, 6.45) is 5.22. The average molecular weight is 283 g/mol. The van der Waals surface area contributed by atoms with Crippen LogP contribution in [0.15, 0.2) is 0 Å². The van der Waals surface area contributed by atoms with Gasteiger partial charge in [-0.25, -0.2) is 4.79 Å². The number of nitrogens with one attached hydrogen (secondary N) is 1. The minimum Gasteiger partial charge on any atom is -0.481 e. The smallest absolute Gasteiger partial charge is 0.317 e. The molecule has 2 N–H and O–H groups in total. The number of piperazine rings is 1. The number of carbonyl (C=O) groups is 2. The van der Waals surface area contributed by atoms with Crippen molar-refractivity contribution >= 4 is 12.0 Å². The van der Waals surface area contributed by atoms with Crippen LogP contribution >= 0.6 is 0 Å². The molecule has 1 aliphatic carbocycles. The predicted octanol–water partition coefficient (Wildman–Crippen LogP) is 1.12. The van der Waals surface area contributed by atoms with Crippen LogP contribution in [0.2, 0.25) is 0 Å². The summed E-state index contributed by atoms with van der Waals surface area (Å²) in [5.74, 6) is -0.885. The molecule has 0 spiro atoms. The van der Waals surface area contributed by atoms with Crippen LogP contribution in [0.1, 0.15) is 39.0 Å². The van der Waals surface area contributed by atoms with Crippen molar-refractivity contribution < 1.29 is 14.7 Å². The number of carboxylic acid groups (broad SMARTS) is 1. The first-order valence-electron chi connectivity index (χ1n) is 7.57. The molecule has 0 aromatic rings. The molecular weight excluding hydrogens is 258 g/mol. The van der Waals surface area contributed by atoms with Crippen molar-refractivity contribution in [2.75, 3.05) is 26.2 Å². The van der Waals surface area contributed by atoms with E-state index in [-0.39, 0.29) is 18.5 Å². The first kappa shape index (κ1) is 15.1. The highest BCUT2D eigenvalue weighted by Crippen LogP contribution is 2.24. The normalized spacial score (nSPS) is 22.8. The topological polar surface area (TPSA) is 72.9 Å². The van der Waals surface area contributed by atoms with E-state index < -0.39 is 5.97 Å². The maximum atomic E-state index is 12.0. The highest BCUT2D eigenvalue weighted by molar-refractivity contribution is 5.76. The fourth-order valence-corrected chi connectivity index (χ4v) is 3.17. The molecule has 1 saturated carbocycles. The lowest BCUT2D eigenvalue weighted by Crippen LogP contribution is -2.54. The third-order valence-corrected chi connectivity index (χ3v) is 4.29. The Morgan fingerprint density at radius 3 is 2.35 bits per heavy atom. The Kier molecular flexibility index (Phi) is 5.23. The number of nitrogens with zero attached hydrogens (tertiary/aromatic N) is 2. The van der Waals surface area contributed by atoms with Gasteiger partial charge in [-0.2, -0.15) is 0 Å². The second-order valence-corrected chi connectivity index (χ2v) is 5.91. The number of carbonyl (C=O) groups excluding carboxylic acids is 1. The summed E-state index contributed by atoms with van der Waals surface area (Å²) in [7, 11) is 0. The Morgan fingerprint density at radius 1 is 1.20 bits per heavy atom. The molecule has 1 heterocycles. The van der Waals surface area contributed by atoms with Gasteiger partial charge in [0.2, 0.25) is 0 Å². The van der Waals surface area contributed by atoms with E-state index in [1.54, 1.807) is 11.8 Å². The Hall–Kier alpha value is -1.30. The van der Waals surface area contributed by atoms with Crippen LogP contribution in [-0.4, -0.2) is 65.2 Å². The van der Waals surface area contributed by atoms with Crippen molar-refractivity contribution in [2.24, 2.45) is 0 Å². The van der Waals surface area contributed by atoms with Crippen molar-refractivity contribution in [3.05, 3.63) is 0 Å². The van der Waals surface area contributed by atoms with Crippen LogP contribution in [-0.2, 0) is 4.79 Å². The molecule has 1 saturated heterocycles. The minimum absolute atomic E-state index is 0.0339. The second-order valence-electron chi connectivity index (χ2n) is 5.91. The Balaban J connectivity index is 1.72. The lowest BCUT2D eigenvalue weighted by atomic mass is 10.2. The molecular formula is C14H25N3O3. The van der Waals surface area contributed by atoms with Gasteiger partial charge in [-0.1, -0.05) is 12.8 Å². The molecule has 6 nitrogen and oxygen atoms in total. The molecule has 2 amide bonds. The SMILES string of the molecule is CC(CC(=O)O)NC(=O)N1CCN(C2CCCC2)CC1. The Bertz CT molecular complexity index is 348. The summed E-state index contributed by atoms with van der Waals surface area (Å²) >= 11 is 0. The summed E-state index contributed by atoms with van der Waals surface area (Å²) in [5, 5.41) is 11.4. The highest BCUT2D eigenvalue weighted by atomic mass is 16.4. The molecule has 114 valence electrons. The van der Waals surface area contributed by atoms with Crippen molar-refractivity contribution in [3.63, 3.8) is 0 Å². The van der Waals surface area contributed by atoms with Crippen LogP contribution in [0.3, 0.4) is 0 Å². The number of urea groups is 1. The Labute approximate surface area is 120 Å².